The van der Waals surface area contributed by atoms with Crippen LogP contribution in [0.2, 0.25) is 0 Å². The van der Waals surface area contributed by atoms with Crippen molar-refractivity contribution < 1.29 is 19.4 Å². The molecule has 1 aromatic carbocycles. The van der Waals surface area contributed by atoms with Crippen molar-refractivity contribution in [2.45, 2.75) is 6.54 Å². The molecule has 0 unspecified atom stereocenters. The summed E-state index contributed by atoms with van der Waals surface area (Å²) in [6, 6.07) is 8.73. The van der Waals surface area contributed by atoms with Gasteiger partial charge in [0.1, 0.15) is 4.83 Å². The molecule has 3 aromatic heterocycles. The fourth-order valence-corrected chi connectivity index (χ4v) is 3.41. The van der Waals surface area contributed by atoms with Crippen molar-refractivity contribution in [3.8, 4) is 5.06 Å². The fraction of sp³-hybridized carbons (Fsp3) is 0.0588. The van der Waals surface area contributed by atoms with E-state index in [-0.39, 0.29) is 11.0 Å². The van der Waals surface area contributed by atoms with E-state index in [1.165, 1.54) is 6.07 Å². The van der Waals surface area contributed by atoms with Crippen LogP contribution in [0, 0.1) is 0 Å². The summed E-state index contributed by atoms with van der Waals surface area (Å²) in [4.78, 5) is 27.7. The number of aromatic nitrogens is 4. The van der Waals surface area contributed by atoms with Crippen LogP contribution in [0.15, 0.2) is 49.1 Å². The van der Waals surface area contributed by atoms with Crippen molar-refractivity contribution >= 4 is 39.4 Å². The van der Waals surface area contributed by atoms with Crippen molar-refractivity contribution in [1.29, 1.82) is 0 Å². The molecule has 0 saturated heterocycles. The Morgan fingerprint density at radius 2 is 2.11 bits per heavy atom. The number of nitrogens with one attached hydrogen (secondary N) is 2. The Morgan fingerprint density at radius 1 is 1.30 bits per heavy atom. The molecule has 3 N–H and O–H groups in total. The summed E-state index contributed by atoms with van der Waals surface area (Å²) in [5.41, 5.74) is 1.53. The van der Waals surface area contributed by atoms with Crippen LogP contribution in [0.4, 0.5) is 10.6 Å². The second-order valence-corrected chi connectivity index (χ2v) is 6.65. The van der Waals surface area contributed by atoms with Crippen LogP contribution in [-0.4, -0.2) is 36.9 Å². The number of hydrogen-bond acceptors (Lipinski definition) is 6. The molecule has 1 amide bonds. The van der Waals surface area contributed by atoms with Gasteiger partial charge in [-0.3, -0.25) is 9.89 Å². The van der Waals surface area contributed by atoms with Gasteiger partial charge in [-0.2, -0.15) is 5.10 Å². The first-order chi connectivity index (χ1) is 13.1. The van der Waals surface area contributed by atoms with E-state index in [1.807, 2.05) is 22.9 Å². The first-order valence-corrected chi connectivity index (χ1v) is 8.65. The summed E-state index contributed by atoms with van der Waals surface area (Å²) < 4.78 is 6.56. The SMILES string of the molecule is O=C(O)Oc1cc2c(NC(=O)c3ccc(Cn4ccnc4)cc3)n[nH]c2s1. The van der Waals surface area contributed by atoms with Crippen LogP contribution < -0.4 is 10.1 Å². The minimum Gasteiger partial charge on any atom is -0.449 e. The van der Waals surface area contributed by atoms with E-state index < -0.39 is 6.16 Å². The maximum absolute atomic E-state index is 12.5. The summed E-state index contributed by atoms with van der Waals surface area (Å²) >= 11 is 1.09. The monoisotopic (exact) mass is 383 g/mol. The number of aromatic amines is 1. The van der Waals surface area contributed by atoms with Crippen LogP contribution in [0.1, 0.15) is 15.9 Å². The number of fused-ring (bicyclic) bond motifs is 1. The van der Waals surface area contributed by atoms with E-state index in [4.69, 9.17) is 5.11 Å². The molecular formula is C17H13N5O4S. The molecule has 0 atom stereocenters. The number of thiophene rings is 1. The summed E-state index contributed by atoms with van der Waals surface area (Å²) in [7, 11) is 0. The van der Waals surface area contributed by atoms with Crippen molar-refractivity contribution in [2.75, 3.05) is 5.32 Å². The molecule has 4 rings (SSSR count). The summed E-state index contributed by atoms with van der Waals surface area (Å²) in [6.07, 6.45) is 3.91. The number of carboxylic acid groups (broad SMARTS) is 1. The number of ether oxygens (including phenoxy) is 1. The van der Waals surface area contributed by atoms with Gasteiger partial charge in [-0.1, -0.05) is 23.5 Å². The number of amides is 1. The topological polar surface area (TPSA) is 122 Å². The highest BCUT2D eigenvalue weighted by Gasteiger charge is 2.15. The third-order valence-corrected chi connectivity index (χ3v) is 4.71. The van der Waals surface area contributed by atoms with Crippen molar-refractivity contribution in [3.63, 3.8) is 0 Å². The molecule has 0 radical (unpaired) electrons. The van der Waals surface area contributed by atoms with Gasteiger partial charge in [-0.25, -0.2) is 9.78 Å². The highest BCUT2D eigenvalue weighted by atomic mass is 32.1. The molecule has 9 nitrogen and oxygen atoms in total. The smallest absolute Gasteiger partial charge is 0.449 e. The molecule has 0 spiro atoms. The van der Waals surface area contributed by atoms with Gasteiger partial charge in [-0.05, 0) is 17.7 Å². The Bertz CT molecular complexity index is 1100. The van der Waals surface area contributed by atoms with E-state index in [1.54, 1.807) is 24.7 Å². The molecular weight excluding hydrogens is 370 g/mol. The molecule has 27 heavy (non-hydrogen) atoms. The molecule has 0 aliphatic rings. The second kappa shape index (κ2) is 6.92. The molecule has 0 aliphatic heterocycles. The maximum atomic E-state index is 12.5. The van der Waals surface area contributed by atoms with Crippen molar-refractivity contribution in [1.82, 2.24) is 19.7 Å². The van der Waals surface area contributed by atoms with Gasteiger partial charge < -0.3 is 19.7 Å². The molecule has 136 valence electrons. The van der Waals surface area contributed by atoms with E-state index >= 15 is 0 Å². The highest BCUT2D eigenvalue weighted by Crippen LogP contribution is 2.34. The lowest BCUT2D eigenvalue weighted by Gasteiger charge is -2.05. The Hall–Kier alpha value is -3.66. The first-order valence-electron chi connectivity index (χ1n) is 7.83. The van der Waals surface area contributed by atoms with Gasteiger partial charge in [-0.15, -0.1) is 0 Å². The zero-order valence-electron chi connectivity index (χ0n) is 13.7. The number of benzene rings is 1. The lowest BCUT2D eigenvalue weighted by Crippen LogP contribution is -2.12. The maximum Gasteiger partial charge on any atom is 0.512 e. The van der Waals surface area contributed by atoms with Crippen LogP contribution >= 0.6 is 11.3 Å². The summed E-state index contributed by atoms with van der Waals surface area (Å²) in [6.45, 7) is 0.670. The average Bonchev–Trinajstić information content (AvgIpc) is 3.34. The zero-order valence-corrected chi connectivity index (χ0v) is 14.6. The summed E-state index contributed by atoms with van der Waals surface area (Å²) in [5.74, 6) is -0.00142. The van der Waals surface area contributed by atoms with E-state index in [0.29, 0.717) is 28.1 Å². The number of H-pyrrole nitrogens is 1. The Balaban J connectivity index is 1.47. The number of nitrogens with zero attached hydrogens (tertiary/aromatic N) is 3. The van der Waals surface area contributed by atoms with E-state index in [0.717, 1.165) is 16.9 Å². The van der Waals surface area contributed by atoms with Crippen LogP contribution in [0.3, 0.4) is 0 Å². The molecule has 0 fully saturated rings. The predicted molar refractivity (Wildman–Crippen MR) is 98.3 cm³/mol. The minimum atomic E-state index is -1.40. The van der Waals surface area contributed by atoms with Crippen molar-refractivity contribution in [3.05, 3.63) is 60.2 Å². The fourth-order valence-electron chi connectivity index (χ4n) is 2.56. The molecule has 4 aromatic rings. The predicted octanol–water partition coefficient (Wildman–Crippen LogP) is 3.18. The van der Waals surface area contributed by atoms with Crippen LogP contribution in [0.5, 0.6) is 5.06 Å². The largest absolute Gasteiger partial charge is 0.512 e. The molecule has 10 heteroatoms. The van der Waals surface area contributed by atoms with Gasteiger partial charge in [0.15, 0.2) is 10.9 Å². The van der Waals surface area contributed by atoms with Gasteiger partial charge in [0, 0.05) is 30.6 Å². The van der Waals surface area contributed by atoms with E-state index in [9.17, 15) is 9.59 Å². The summed E-state index contributed by atoms with van der Waals surface area (Å²) in [5, 5.41) is 19.0. The Kier molecular flexibility index (Phi) is 4.30. The number of carbonyl (C=O) groups excluding carboxylic acids is 1. The Labute approximate surface area is 156 Å². The van der Waals surface area contributed by atoms with Crippen molar-refractivity contribution in [2.24, 2.45) is 0 Å². The number of imidazole rings is 1. The quantitative estimate of drug-likeness (QED) is 0.455. The third kappa shape index (κ3) is 3.65. The minimum absolute atomic E-state index is 0.200. The zero-order chi connectivity index (χ0) is 18.8. The standard InChI is InChI=1S/C17H13N5O4S/c23-15(11-3-1-10(2-4-11)8-22-6-5-18-9-22)19-14-12-7-13(26-17(24)25)27-16(12)21-20-14/h1-7,9H,8H2,(H,24,25)(H2,19,20,21,23). The highest BCUT2D eigenvalue weighted by molar-refractivity contribution is 7.20. The van der Waals surface area contributed by atoms with Gasteiger partial charge in [0.2, 0.25) is 0 Å². The van der Waals surface area contributed by atoms with Gasteiger partial charge >= 0.3 is 6.16 Å². The lowest BCUT2D eigenvalue weighted by atomic mass is 10.1. The molecule has 3 heterocycles. The molecule has 0 saturated carbocycles. The van der Waals surface area contributed by atoms with E-state index in [2.05, 4.69) is 25.2 Å². The molecule has 0 bridgehead atoms. The second-order valence-electron chi connectivity index (χ2n) is 5.63. The molecule has 0 aliphatic carbocycles. The third-order valence-electron chi connectivity index (χ3n) is 3.79. The average molecular weight is 383 g/mol. The number of rotatable bonds is 5. The van der Waals surface area contributed by atoms with Gasteiger partial charge in [0.05, 0.1) is 11.7 Å². The number of carbonyl (C=O) groups is 2. The van der Waals surface area contributed by atoms with Crippen LogP contribution in [-0.2, 0) is 6.54 Å². The normalized spacial score (nSPS) is 10.8. The lowest BCUT2D eigenvalue weighted by molar-refractivity contribution is 0.102. The first kappa shape index (κ1) is 16.8. The van der Waals surface area contributed by atoms with Crippen LogP contribution in [0.25, 0.3) is 10.2 Å². The Morgan fingerprint density at radius 3 is 2.81 bits per heavy atom. The number of hydrogen-bond donors (Lipinski definition) is 3. The van der Waals surface area contributed by atoms with Gasteiger partial charge in [0.25, 0.3) is 5.91 Å². The number of anilines is 1.